The van der Waals surface area contributed by atoms with Crippen LogP contribution in [-0.4, -0.2) is 27.6 Å². The van der Waals surface area contributed by atoms with E-state index in [2.05, 4.69) is 0 Å². The van der Waals surface area contributed by atoms with Crippen molar-refractivity contribution < 1.29 is 71.0 Å². The molecule has 0 rings (SSSR count). The molecule has 0 aliphatic rings. The van der Waals surface area contributed by atoms with Crippen molar-refractivity contribution in [2.45, 2.75) is 13.8 Å². The van der Waals surface area contributed by atoms with E-state index >= 15 is 0 Å². The van der Waals surface area contributed by atoms with Crippen LogP contribution in [0, 0.1) is 0 Å². The number of rotatable bonds is 0. The third-order valence-electron chi connectivity index (χ3n) is 0. The Hall–Kier alpha value is 0.406. The summed E-state index contributed by atoms with van der Waals surface area (Å²) in [5.74, 6) is -1.67. The van der Waals surface area contributed by atoms with Gasteiger partial charge in [0.1, 0.15) is 0 Å². The van der Waals surface area contributed by atoms with Crippen LogP contribution in [0.15, 0.2) is 0 Å². The Morgan fingerprint density at radius 3 is 1.00 bits per heavy atom. The molecule has 0 aromatic heterocycles. The first-order chi connectivity index (χ1) is 3.46. The Kier molecular flexibility index (Phi) is 61.4. The fourth-order valence-electron chi connectivity index (χ4n) is 0. The fraction of sp³-hybridized carbons (Fsp3) is 0.500. The average Bonchev–Trinajstić information content (AvgIpc) is 1.25. The van der Waals surface area contributed by atoms with Gasteiger partial charge in [-0.15, -0.1) is 0 Å². The van der Waals surface area contributed by atoms with Crippen molar-refractivity contribution in [2.75, 3.05) is 0 Å². The number of hydrogen-bond acceptors (Lipinski definition) is 2. The predicted molar refractivity (Wildman–Crippen MR) is 30.2 cm³/mol. The van der Waals surface area contributed by atoms with Crippen LogP contribution in [-0.2, 0) is 55.3 Å². The average molecular weight is 295 g/mol. The molecule has 0 aromatic carbocycles. The smallest absolute Gasteiger partial charge is 0.300 e. The normalized spacial score (nSPS) is 4.55. The van der Waals surface area contributed by atoms with Crippen molar-refractivity contribution in [3.8, 4) is 0 Å². The van der Waals surface area contributed by atoms with Crippen LogP contribution in [0.1, 0.15) is 13.8 Å². The molecule has 0 radical (unpaired) electrons. The summed E-state index contributed by atoms with van der Waals surface area (Å²) in [6.07, 6.45) is 0. The van der Waals surface area contributed by atoms with E-state index in [-0.39, 0.29) is 51.2 Å². The molecule has 0 aromatic rings. The minimum absolute atomic E-state index is 0. The molecule has 0 heterocycles. The fourth-order valence-corrected chi connectivity index (χ4v) is 0. The monoisotopic (exact) mass is 292 g/mol. The Morgan fingerprint density at radius 2 is 1.00 bits per heavy atom. The largest absolute Gasteiger partial charge is 0.481 e. The van der Waals surface area contributed by atoms with Gasteiger partial charge < -0.3 is 15.7 Å². The van der Waals surface area contributed by atoms with Gasteiger partial charge in [0.2, 0.25) is 0 Å². The number of carboxylic acids is 2. The molecule has 0 aliphatic carbocycles. The second-order valence-electron chi connectivity index (χ2n) is 1.04. The quantitative estimate of drug-likeness (QED) is 0.579. The molecular formula is C4H10O5ZnZr. The molecule has 0 aliphatic heterocycles. The van der Waals surface area contributed by atoms with Crippen LogP contribution in [0.3, 0.4) is 0 Å². The van der Waals surface area contributed by atoms with Crippen molar-refractivity contribution in [2.24, 2.45) is 0 Å². The first-order valence-corrected chi connectivity index (χ1v) is 1.86. The maximum atomic E-state index is 9.00. The summed E-state index contributed by atoms with van der Waals surface area (Å²) >= 11 is 0. The van der Waals surface area contributed by atoms with Gasteiger partial charge in [-0.2, -0.15) is 0 Å². The molecule has 0 unspecified atom stereocenters. The molecule has 0 spiro atoms. The molecule has 4 N–H and O–H groups in total. The summed E-state index contributed by atoms with van der Waals surface area (Å²) in [5.41, 5.74) is 0. The Labute approximate surface area is 96.4 Å². The Balaban J connectivity index is -0.0000000171. The molecule has 0 atom stereocenters. The second kappa shape index (κ2) is 22.4. The predicted octanol–water partition coefficient (Wildman–Crippen LogP) is -0.648. The van der Waals surface area contributed by atoms with E-state index in [1.54, 1.807) is 0 Å². The summed E-state index contributed by atoms with van der Waals surface area (Å²) in [5, 5.41) is 14.8. The molecule has 11 heavy (non-hydrogen) atoms. The SMILES string of the molecule is CC(=O)O.CC(=O)O.O.[Zn].[Zr]. The zero-order valence-electron chi connectivity index (χ0n) is 6.42. The third kappa shape index (κ3) is 4450. The Bertz CT molecular complexity index is 76.5. The molecule has 0 saturated heterocycles. The first-order valence-electron chi connectivity index (χ1n) is 1.86. The topological polar surface area (TPSA) is 106 Å². The van der Waals surface area contributed by atoms with Gasteiger partial charge in [0.15, 0.2) is 0 Å². The standard InChI is InChI=1S/2C2H4O2.H2O.Zn.Zr/c2*1-2(3)4;;;/h2*1H3,(H,3,4);1H2;;. The molecule has 5 nitrogen and oxygen atoms in total. The van der Waals surface area contributed by atoms with E-state index < -0.39 is 11.9 Å². The summed E-state index contributed by atoms with van der Waals surface area (Å²) in [6, 6.07) is 0. The van der Waals surface area contributed by atoms with Crippen molar-refractivity contribution in [1.29, 1.82) is 0 Å². The zero-order chi connectivity index (χ0) is 7.15. The maximum Gasteiger partial charge on any atom is 0.300 e. The van der Waals surface area contributed by atoms with Gasteiger partial charge in [0.05, 0.1) is 0 Å². The van der Waals surface area contributed by atoms with Crippen molar-refractivity contribution in [1.82, 2.24) is 0 Å². The number of aliphatic carboxylic acids is 2. The van der Waals surface area contributed by atoms with E-state index in [0.717, 1.165) is 13.8 Å². The van der Waals surface area contributed by atoms with Gasteiger partial charge in [-0.3, -0.25) is 9.59 Å². The first kappa shape index (κ1) is 30.1. The summed E-state index contributed by atoms with van der Waals surface area (Å²) in [4.78, 5) is 18.0. The third-order valence-corrected chi connectivity index (χ3v) is 0. The van der Waals surface area contributed by atoms with E-state index in [1.807, 2.05) is 0 Å². The van der Waals surface area contributed by atoms with Crippen LogP contribution in [0.2, 0.25) is 0 Å². The molecule has 0 saturated carbocycles. The van der Waals surface area contributed by atoms with E-state index in [9.17, 15) is 0 Å². The van der Waals surface area contributed by atoms with Crippen LogP contribution in [0.25, 0.3) is 0 Å². The van der Waals surface area contributed by atoms with E-state index in [0.29, 0.717) is 0 Å². The van der Waals surface area contributed by atoms with E-state index in [1.165, 1.54) is 0 Å². The minimum Gasteiger partial charge on any atom is -0.481 e. The zero-order valence-corrected chi connectivity index (χ0v) is 11.8. The van der Waals surface area contributed by atoms with Gasteiger partial charge in [-0.25, -0.2) is 0 Å². The van der Waals surface area contributed by atoms with Crippen LogP contribution in [0.4, 0.5) is 0 Å². The van der Waals surface area contributed by atoms with Gasteiger partial charge in [0, 0.05) is 59.5 Å². The summed E-state index contributed by atoms with van der Waals surface area (Å²) in [6.45, 7) is 2.17. The number of carboxylic acid groups (broad SMARTS) is 2. The molecule has 62 valence electrons. The minimum atomic E-state index is -0.833. The van der Waals surface area contributed by atoms with Crippen molar-refractivity contribution >= 4 is 11.9 Å². The molecule has 0 bridgehead atoms. The number of carbonyl (C=O) groups is 2. The van der Waals surface area contributed by atoms with Crippen LogP contribution in [0.5, 0.6) is 0 Å². The van der Waals surface area contributed by atoms with Crippen molar-refractivity contribution in [3.63, 3.8) is 0 Å². The second-order valence-corrected chi connectivity index (χ2v) is 1.04. The number of hydrogen-bond donors (Lipinski definition) is 2. The molecule has 0 fully saturated rings. The Morgan fingerprint density at radius 1 is 1.00 bits per heavy atom. The summed E-state index contributed by atoms with van der Waals surface area (Å²) < 4.78 is 0. The van der Waals surface area contributed by atoms with Crippen molar-refractivity contribution in [3.05, 3.63) is 0 Å². The van der Waals surface area contributed by atoms with Gasteiger partial charge in [-0.1, -0.05) is 0 Å². The maximum absolute atomic E-state index is 9.00. The van der Waals surface area contributed by atoms with Crippen LogP contribution >= 0.6 is 0 Å². The van der Waals surface area contributed by atoms with E-state index in [4.69, 9.17) is 19.8 Å². The van der Waals surface area contributed by atoms with Gasteiger partial charge >= 0.3 is 0 Å². The molecule has 0 amide bonds. The van der Waals surface area contributed by atoms with Crippen LogP contribution < -0.4 is 0 Å². The van der Waals surface area contributed by atoms with Gasteiger partial charge in [-0.05, 0) is 0 Å². The molecular weight excluding hydrogens is 285 g/mol. The molecule has 7 heteroatoms. The summed E-state index contributed by atoms with van der Waals surface area (Å²) in [7, 11) is 0. The van der Waals surface area contributed by atoms with Gasteiger partial charge in [0.25, 0.3) is 11.9 Å².